The van der Waals surface area contributed by atoms with Crippen molar-refractivity contribution in [3.05, 3.63) is 72.3 Å². The summed E-state index contributed by atoms with van der Waals surface area (Å²) in [4.78, 5) is 36.1. The second-order valence-corrected chi connectivity index (χ2v) is 9.51. The van der Waals surface area contributed by atoms with E-state index in [1.165, 1.54) is 0 Å². The molecule has 4 aromatic heterocycles. The van der Waals surface area contributed by atoms with E-state index in [0.717, 1.165) is 63.8 Å². The van der Waals surface area contributed by atoms with Crippen LogP contribution in [0.15, 0.2) is 70.9 Å². The fraction of sp³-hybridized carbons (Fsp3) is 0.241. The van der Waals surface area contributed by atoms with Crippen molar-refractivity contribution in [2.75, 3.05) is 60.9 Å². The van der Waals surface area contributed by atoms with E-state index in [0.29, 0.717) is 13.1 Å². The monoisotopic (exact) mass is 518 g/mol. The topological polar surface area (TPSA) is 89.2 Å². The molecule has 0 unspecified atom stereocenters. The molecule has 2 aliphatic heterocycles. The molecule has 0 saturated carbocycles. The molecule has 0 radical (unpaired) electrons. The largest absolute Gasteiger partial charge is 0.339 e. The Morgan fingerprint density at radius 2 is 1.00 bits per heavy atom. The minimum atomic E-state index is 0.670. The summed E-state index contributed by atoms with van der Waals surface area (Å²) in [6, 6.07) is 16.2. The first-order valence-electron chi connectivity index (χ1n) is 12.9. The van der Waals surface area contributed by atoms with Crippen LogP contribution in [0.4, 0.5) is 46.0 Å². The van der Waals surface area contributed by atoms with Crippen molar-refractivity contribution in [1.82, 2.24) is 19.9 Å². The van der Waals surface area contributed by atoms with E-state index in [9.17, 15) is 0 Å². The van der Waals surface area contributed by atoms with Crippen LogP contribution in [-0.4, -0.2) is 73.6 Å². The SMILES string of the molecule is CN1c2cccnc2N(C)c2nc(C=NCCCN=Cc3ccc4c(n3)N(C)c3ncccc3N4C)ccc21. The van der Waals surface area contributed by atoms with Gasteiger partial charge in [0.15, 0.2) is 23.3 Å². The van der Waals surface area contributed by atoms with E-state index in [-0.39, 0.29) is 0 Å². The van der Waals surface area contributed by atoms with Gasteiger partial charge in [-0.15, -0.1) is 0 Å². The van der Waals surface area contributed by atoms with Gasteiger partial charge in [0.05, 0.1) is 34.1 Å². The lowest BCUT2D eigenvalue weighted by molar-refractivity contribution is 0.850. The molecule has 0 N–H and O–H groups in total. The molecule has 10 heteroatoms. The van der Waals surface area contributed by atoms with Gasteiger partial charge >= 0.3 is 0 Å². The smallest absolute Gasteiger partial charge is 0.158 e. The zero-order chi connectivity index (χ0) is 26.9. The highest BCUT2D eigenvalue weighted by atomic mass is 15.3. The number of aromatic nitrogens is 4. The number of rotatable bonds is 6. The number of hydrogen-bond acceptors (Lipinski definition) is 10. The van der Waals surface area contributed by atoms with Gasteiger partial charge in [0.2, 0.25) is 0 Å². The molecule has 0 aromatic carbocycles. The van der Waals surface area contributed by atoms with Crippen molar-refractivity contribution in [1.29, 1.82) is 0 Å². The Morgan fingerprint density at radius 3 is 1.46 bits per heavy atom. The maximum atomic E-state index is 4.82. The Hall–Kier alpha value is -4.86. The highest BCUT2D eigenvalue weighted by Crippen LogP contribution is 2.44. The summed E-state index contributed by atoms with van der Waals surface area (Å²) in [7, 11) is 8.06. The van der Waals surface area contributed by atoms with Gasteiger partial charge in [0.1, 0.15) is 0 Å². The van der Waals surface area contributed by atoms with Gasteiger partial charge in [-0.2, -0.15) is 0 Å². The summed E-state index contributed by atoms with van der Waals surface area (Å²) in [6.45, 7) is 1.34. The number of fused-ring (bicyclic) bond motifs is 4. The molecule has 0 spiro atoms. The number of pyridine rings is 4. The van der Waals surface area contributed by atoms with Gasteiger partial charge in [0.25, 0.3) is 0 Å². The van der Waals surface area contributed by atoms with Crippen LogP contribution >= 0.6 is 0 Å². The zero-order valence-electron chi connectivity index (χ0n) is 22.5. The Morgan fingerprint density at radius 1 is 0.564 bits per heavy atom. The molecule has 196 valence electrons. The highest BCUT2D eigenvalue weighted by molar-refractivity contribution is 5.92. The van der Waals surface area contributed by atoms with E-state index < -0.39 is 0 Å². The summed E-state index contributed by atoms with van der Waals surface area (Å²) in [5.74, 6) is 3.51. The van der Waals surface area contributed by atoms with Crippen molar-refractivity contribution in [2.24, 2.45) is 9.98 Å². The van der Waals surface area contributed by atoms with Crippen LogP contribution in [0, 0.1) is 0 Å². The van der Waals surface area contributed by atoms with Crippen LogP contribution in [0.5, 0.6) is 0 Å². The number of hydrogen-bond donors (Lipinski definition) is 0. The minimum Gasteiger partial charge on any atom is -0.339 e. The summed E-state index contributed by atoms with van der Waals surface area (Å²) in [5, 5.41) is 0. The maximum Gasteiger partial charge on any atom is 0.158 e. The van der Waals surface area contributed by atoms with Crippen LogP contribution < -0.4 is 19.6 Å². The summed E-state index contributed by atoms with van der Waals surface area (Å²) >= 11 is 0. The molecule has 0 bridgehead atoms. The molecule has 4 aromatic rings. The zero-order valence-corrected chi connectivity index (χ0v) is 22.5. The van der Waals surface area contributed by atoms with Crippen LogP contribution in [0.1, 0.15) is 17.8 Å². The Bertz CT molecular complexity index is 1460. The number of anilines is 8. The van der Waals surface area contributed by atoms with Crippen molar-refractivity contribution < 1.29 is 0 Å². The van der Waals surface area contributed by atoms with Gasteiger partial charge in [-0.05, 0) is 55.0 Å². The second-order valence-electron chi connectivity index (χ2n) is 9.51. The van der Waals surface area contributed by atoms with E-state index in [1.807, 2.05) is 74.7 Å². The van der Waals surface area contributed by atoms with Crippen LogP contribution in [-0.2, 0) is 0 Å². The lowest BCUT2D eigenvalue weighted by Gasteiger charge is -2.34. The standard InChI is InChI=1S/C29H30N10/c1-36-22-8-5-16-32-26(22)38(3)28-24(36)12-10-20(34-28)18-30-14-7-15-31-19-21-11-13-25-29(35-21)39(4)27-23(37(25)2)9-6-17-33-27/h5-6,8-13,16-19H,7,14-15H2,1-4H3. The van der Waals surface area contributed by atoms with Crippen LogP contribution in [0.25, 0.3) is 0 Å². The van der Waals surface area contributed by atoms with Crippen molar-refractivity contribution in [3.63, 3.8) is 0 Å². The third-order valence-corrected chi connectivity index (χ3v) is 7.02. The maximum absolute atomic E-state index is 4.82. The number of aliphatic imine (C=N–C) groups is 2. The van der Waals surface area contributed by atoms with Gasteiger partial charge in [0, 0.05) is 66.1 Å². The van der Waals surface area contributed by atoms with Gasteiger partial charge in [-0.25, -0.2) is 19.9 Å². The molecule has 6 heterocycles. The fourth-order valence-electron chi connectivity index (χ4n) is 4.92. The van der Waals surface area contributed by atoms with Crippen LogP contribution in [0.2, 0.25) is 0 Å². The average molecular weight is 519 g/mol. The molecule has 39 heavy (non-hydrogen) atoms. The van der Waals surface area contributed by atoms with E-state index >= 15 is 0 Å². The lowest BCUT2D eigenvalue weighted by Crippen LogP contribution is -2.26. The summed E-state index contributed by atoms with van der Waals surface area (Å²) in [6.07, 6.45) is 8.10. The van der Waals surface area contributed by atoms with Gasteiger partial charge in [-0.3, -0.25) is 9.98 Å². The average Bonchev–Trinajstić information content (AvgIpc) is 2.98. The summed E-state index contributed by atoms with van der Waals surface area (Å²) < 4.78 is 0. The van der Waals surface area contributed by atoms with Crippen molar-refractivity contribution >= 4 is 58.5 Å². The van der Waals surface area contributed by atoms with Crippen molar-refractivity contribution in [3.8, 4) is 0 Å². The molecule has 0 atom stereocenters. The molecule has 0 amide bonds. The molecule has 0 aliphatic carbocycles. The first kappa shape index (κ1) is 24.5. The Balaban J connectivity index is 1.05. The van der Waals surface area contributed by atoms with E-state index in [4.69, 9.17) is 9.97 Å². The molecular weight excluding hydrogens is 488 g/mol. The van der Waals surface area contributed by atoms with Crippen molar-refractivity contribution in [2.45, 2.75) is 6.42 Å². The van der Waals surface area contributed by atoms with E-state index in [2.05, 4.69) is 54.0 Å². The molecular formula is C29H30N10. The first-order chi connectivity index (χ1) is 19.0. The molecule has 0 fully saturated rings. The first-order valence-corrected chi connectivity index (χ1v) is 12.9. The predicted octanol–water partition coefficient (Wildman–Crippen LogP) is 4.89. The number of nitrogens with zero attached hydrogens (tertiary/aromatic N) is 10. The summed E-state index contributed by atoms with van der Waals surface area (Å²) in [5.41, 5.74) is 5.84. The third-order valence-electron chi connectivity index (χ3n) is 7.02. The van der Waals surface area contributed by atoms with Crippen LogP contribution in [0.3, 0.4) is 0 Å². The molecule has 10 nitrogen and oxygen atoms in total. The highest BCUT2D eigenvalue weighted by Gasteiger charge is 2.27. The third kappa shape index (κ3) is 4.43. The van der Waals surface area contributed by atoms with Gasteiger partial charge in [-0.1, -0.05) is 0 Å². The van der Waals surface area contributed by atoms with Gasteiger partial charge < -0.3 is 19.6 Å². The fourth-order valence-corrected chi connectivity index (χ4v) is 4.92. The minimum absolute atomic E-state index is 0.670. The lowest BCUT2D eigenvalue weighted by atomic mass is 10.2. The Kier molecular flexibility index (Phi) is 6.36. The second kappa shape index (κ2) is 10.1. The normalized spacial score (nSPS) is 14.1. The molecule has 2 aliphatic rings. The van der Waals surface area contributed by atoms with E-state index in [1.54, 1.807) is 12.4 Å². The molecule has 6 rings (SSSR count). The Labute approximate surface area is 228 Å². The molecule has 0 saturated heterocycles. The predicted molar refractivity (Wildman–Crippen MR) is 159 cm³/mol. The quantitative estimate of drug-likeness (QED) is 0.263.